The van der Waals surface area contributed by atoms with Crippen LogP contribution in [0.4, 0.5) is 4.39 Å². The molecule has 2 heterocycles. The molecule has 0 bridgehead atoms. The minimum atomic E-state index is -0.272. The molecule has 1 aliphatic carbocycles. The van der Waals surface area contributed by atoms with Gasteiger partial charge >= 0.3 is 0 Å². The number of fused-ring (bicyclic) bond motifs is 2. The number of rotatable bonds is 4. The Morgan fingerprint density at radius 1 is 1.24 bits per heavy atom. The Balaban J connectivity index is 1.67. The first-order valence-electron chi connectivity index (χ1n) is 8.32. The number of carbonyl (C=O) groups excluding carboxylic acids is 1. The largest absolute Gasteiger partial charge is 0.294 e. The number of halogens is 1. The van der Waals surface area contributed by atoms with Gasteiger partial charge in [-0.2, -0.15) is 4.98 Å². The fourth-order valence-electron chi connectivity index (χ4n) is 3.09. The highest BCUT2D eigenvalue weighted by Gasteiger charge is 2.28. The number of aromatic nitrogens is 4. The first kappa shape index (κ1) is 16.2. The number of hydrogen-bond donors (Lipinski definition) is 0. The number of ketones is 1. The maximum atomic E-state index is 13.1. The molecule has 2 aromatic heterocycles. The summed E-state index contributed by atoms with van der Waals surface area (Å²) in [6.45, 7) is 2.11. The smallest absolute Gasteiger partial charge is 0.253 e. The summed E-state index contributed by atoms with van der Waals surface area (Å²) in [5.41, 5.74) is 2.32. The second-order valence-corrected chi connectivity index (χ2v) is 7.23. The first-order valence-corrected chi connectivity index (χ1v) is 9.30. The van der Waals surface area contributed by atoms with Crippen molar-refractivity contribution in [3.05, 3.63) is 53.1 Å². The normalized spacial score (nSPS) is 17.0. The van der Waals surface area contributed by atoms with Crippen LogP contribution in [0.1, 0.15) is 47.3 Å². The van der Waals surface area contributed by atoms with Crippen molar-refractivity contribution >= 4 is 23.3 Å². The predicted molar refractivity (Wildman–Crippen MR) is 93.6 cm³/mol. The lowest BCUT2D eigenvalue weighted by molar-refractivity contribution is 0.0962. The second kappa shape index (κ2) is 6.55. The number of benzene rings is 1. The Morgan fingerprint density at radius 2 is 2.04 bits per heavy atom. The van der Waals surface area contributed by atoms with E-state index in [2.05, 4.69) is 22.0 Å². The molecule has 25 heavy (non-hydrogen) atoms. The van der Waals surface area contributed by atoms with Crippen LogP contribution in [0.25, 0.3) is 5.78 Å². The molecular formula is C18H17FN4OS. The lowest BCUT2D eigenvalue weighted by Gasteiger charge is -2.23. The molecule has 3 aromatic rings. The highest BCUT2D eigenvalue weighted by molar-refractivity contribution is 7.99. The van der Waals surface area contributed by atoms with E-state index in [0.29, 0.717) is 29.3 Å². The topological polar surface area (TPSA) is 60.1 Å². The average molecular weight is 356 g/mol. The van der Waals surface area contributed by atoms with Crippen LogP contribution >= 0.6 is 11.8 Å². The van der Waals surface area contributed by atoms with Crippen molar-refractivity contribution in [1.82, 2.24) is 19.6 Å². The van der Waals surface area contributed by atoms with Gasteiger partial charge in [-0.1, -0.05) is 30.8 Å². The average Bonchev–Trinajstić information content (AvgIpc) is 3.00. The van der Waals surface area contributed by atoms with Crippen molar-refractivity contribution in [2.45, 2.75) is 37.3 Å². The Kier molecular flexibility index (Phi) is 4.25. The minimum absolute atomic E-state index is 0.0207. The molecule has 0 fully saturated rings. The van der Waals surface area contributed by atoms with Crippen LogP contribution in [0, 0.1) is 5.82 Å². The molecule has 0 amide bonds. The predicted octanol–water partition coefficient (Wildman–Crippen LogP) is 3.68. The van der Waals surface area contributed by atoms with Crippen LogP contribution in [-0.4, -0.2) is 31.1 Å². The fraction of sp³-hybridized carbons (Fsp3) is 0.333. The number of thioether (sulfide) groups is 1. The van der Waals surface area contributed by atoms with Crippen LogP contribution in [-0.2, 0) is 6.42 Å². The van der Waals surface area contributed by atoms with Crippen molar-refractivity contribution in [3.8, 4) is 0 Å². The van der Waals surface area contributed by atoms with Crippen molar-refractivity contribution in [2.75, 3.05) is 5.75 Å². The molecule has 0 radical (unpaired) electrons. The van der Waals surface area contributed by atoms with Gasteiger partial charge in [0.1, 0.15) is 5.82 Å². The van der Waals surface area contributed by atoms with Gasteiger partial charge < -0.3 is 0 Å². The molecule has 0 unspecified atom stereocenters. The van der Waals surface area contributed by atoms with E-state index >= 15 is 0 Å². The van der Waals surface area contributed by atoms with Gasteiger partial charge in [0.25, 0.3) is 5.78 Å². The van der Waals surface area contributed by atoms with Crippen LogP contribution in [0.3, 0.4) is 0 Å². The lowest BCUT2D eigenvalue weighted by atomic mass is 9.82. The number of Topliss-reactive ketones (excluding diaryl/α,β-unsaturated/α-hetero) is 1. The Morgan fingerprint density at radius 3 is 2.80 bits per heavy atom. The summed E-state index contributed by atoms with van der Waals surface area (Å²) in [5.74, 6) is 1.26. The molecule has 128 valence electrons. The van der Waals surface area contributed by atoms with Crippen LogP contribution in [0.2, 0.25) is 0 Å². The summed E-state index contributed by atoms with van der Waals surface area (Å²) >= 11 is 1.58. The van der Waals surface area contributed by atoms with Gasteiger partial charge in [-0.25, -0.2) is 13.9 Å². The molecule has 0 spiro atoms. The minimum Gasteiger partial charge on any atom is -0.294 e. The molecule has 0 saturated carbocycles. The third-order valence-corrected chi connectivity index (χ3v) is 5.38. The SMILES string of the molecule is CCCSc1nc2nc3c(cn2n1)C(=O)C[C@@H](c1ccc(F)cc1)C3. The molecule has 1 atom stereocenters. The summed E-state index contributed by atoms with van der Waals surface area (Å²) in [7, 11) is 0. The van der Waals surface area contributed by atoms with Crippen molar-refractivity contribution in [1.29, 1.82) is 0 Å². The third-order valence-electron chi connectivity index (χ3n) is 4.34. The van der Waals surface area contributed by atoms with E-state index in [1.165, 1.54) is 12.1 Å². The van der Waals surface area contributed by atoms with Gasteiger partial charge in [0.15, 0.2) is 5.78 Å². The van der Waals surface area contributed by atoms with Crippen LogP contribution in [0.5, 0.6) is 0 Å². The second-order valence-electron chi connectivity index (χ2n) is 6.17. The maximum Gasteiger partial charge on any atom is 0.253 e. The number of nitrogens with zero attached hydrogens (tertiary/aromatic N) is 4. The van der Waals surface area contributed by atoms with E-state index in [-0.39, 0.29) is 17.5 Å². The number of hydrogen-bond acceptors (Lipinski definition) is 5. The maximum absolute atomic E-state index is 13.1. The van der Waals surface area contributed by atoms with Gasteiger partial charge in [-0.15, -0.1) is 5.10 Å². The molecule has 7 heteroatoms. The van der Waals surface area contributed by atoms with E-state index in [1.54, 1.807) is 34.6 Å². The van der Waals surface area contributed by atoms with E-state index < -0.39 is 0 Å². The standard InChI is InChI=1S/C18H17FN4OS/c1-2-7-25-18-21-17-20-15-8-12(11-3-5-13(19)6-4-11)9-16(24)14(15)10-23(17)22-18/h3-6,10,12H,2,7-9H2,1H3/t12-/m0/s1. The van der Waals surface area contributed by atoms with Crippen molar-refractivity contribution < 1.29 is 9.18 Å². The fourth-order valence-corrected chi connectivity index (χ4v) is 3.77. The van der Waals surface area contributed by atoms with Gasteiger partial charge in [0.2, 0.25) is 5.16 Å². The van der Waals surface area contributed by atoms with E-state index in [4.69, 9.17) is 0 Å². The Hall–Kier alpha value is -2.28. The molecule has 1 aromatic carbocycles. The van der Waals surface area contributed by atoms with Gasteiger partial charge in [0.05, 0.1) is 11.3 Å². The summed E-state index contributed by atoms with van der Waals surface area (Å²) in [5, 5.41) is 5.07. The van der Waals surface area contributed by atoms with Crippen molar-refractivity contribution in [3.63, 3.8) is 0 Å². The summed E-state index contributed by atoms with van der Waals surface area (Å²) in [6.07, 6.45) is 3.83. The molecule has 4 rings (SSSR count). The Labute approximate surface area is 148 Å². The zero-order valence-corrected chi connectivity index (χ0v) is 14.6. The third kappa shape index (κ3) is 3.16. The highest BCUT2D eigenvalue weighted by Crippen LogP contribution is 2.32. The zero-order valence-electron chi connectivity index (χ0n) is 13.8. The number of carbonyl (C=O) groups is 1. The molecule has 0 aliphatic heterocycles. The Bertz CT molecular complexity index is 938. The molecule has 0 N–H and O–H groups in total. The molecule has 1 aliphatic rings. The first-order chi connectivity index (χ1) is 12.1. The quantitative estimate of drug-likeness (QED) is 0.668. The molecule has 5 nitrogen and oxygen atoms in total. The van der Waals surface area contributed by atoms with Crippen LogP contribution < -0.4 is 0 Å². The zero-order chi connectivity index (χ0) is 17.4. The lowest BCUT2D eigenvalue weighted by Crippen LogP contribution is -2.21. The van der Waals surface area contributed by atoms with Crippen molar-refractivity contribution in [2.24, 2.45) is 0 Å². The molecular weight excluding hydrogens is 339 g/mol. The van der Waals surface area contributed by atoms with Gasteiger partial charge in [0, 0.05) is 18.4 Å². The van der Waals surface area contributed by atoms with E-state index in [9.17, 15) is 9.18 Å². The van der Waals surface area contributed by atoms with E-state index in [1.807, 2.05) is 0 Å². The monoisotopic (exact) mass is 356 g/mol. The van der Waals surface area contributed by atoms with Gasteiger partial charge in [-0.05, 0) is 36.5 Å². The summed E-state index contributed by atoms with van der Waals surface area (Å²) in [4.78, 5) is 21.6. The molecule has 0 saturated heterocycles. The summed E-state index contributed by atoms with van der Waals surface area (Å²) in [6, 6.07) is 6.35. The van der Waals surface area contributed by atoms with E-state index in [0.717, 1.165) is 23.4 Å². The highest BCUT2D eigenvalue weighted by atomic mass is 32.2. The summed E-state index contributed by atoms with van der Waals surface area (Å²) < 4.78 is 14.7. The van der Waals surface area contributed by atoms with Gasteiger partial charge in [-0.3, -0.25) is 4.79 Å². The van der Waals surface area contributed by atoms with Crippen LogP contribution in [0.15, 0.2) is 35.6 Å².